The molecule has 252 valence electrons. The SMILES string of the molecule is c1ccc(N(c2ccccc2)c2ccc3c(c2)C2(c4ccccc4O3)c3ccccc3Oc3c(N(c4ccccc4)c4ccccc4)cccc32)cc1. The van der Waals surface area contributed by atoms with Gasteiger partial charge in [0.15, 0.2) is 5.75 Å². The van der Waals surface area contributed by atoms with E-state index in [0.717, 1.165) is 79.4 Å². The summed E-state index contributed by atoms with van der Waals surface area (Å²) in [5, 5.41) is 0. The Morgan fingerprint density at radius 2 is 0.736 bits per heavy atom. The Kier molecular flexibility index (Phi) is 7.33. The molecule has 0 N–H and O–H groups in total. The van der Waals surface area contributed by atoms with E-state index in [9.17, 15) is 0 Å². The lowest BCUT2D eigenvalue weighted by atomic mass is 9.62. The Hall–Kier alpha value is -7.04. The second-order valence-electron chi connectivity index (χ2n) is 13.3. The first-order chi connectivity index (χ1) is 26.3. The van der Waals surface area contributed by atoms with Crippen molar-refractivity contribution in [1.82, 2.24) is 0 Å². The van der Waals surface area contributed by atoms with E-state index in [-0.39, 0.29) is 0 Å². The molecule has 4 nitrogen and oxygen atoms in total. The first kappa shape index (κ1) is 30.8. The monoisotopic (exact) mass is 682 g/mol. The summed E-state index contributed by atoms with van der Waals surface area (Å²) in [6.45, 7) is 0. The van der Waals surface area contributed by atoms with Crippen LogP contribution in [0.4, 0.5) is 34.1 Å². The van der Waals surface area contributed by atoms with Crippen LogP contribution >= 0.6 is 0 Å². The second kappa shape index (κ2) is 12.6. The molecule has 0 radical (unpaired) electrons. The normalized spacial score (nSPS) is 14.8. The molecule has 0 saturated carbocycles. The Morgan fingerprint density at radius 3 is 1.28 bits per heavy atom. The number of hydrogen-bond donors (Lipinski definition) is 0. The van der Waals surface area contributed by atoms with E-state index in [4.69, 9.17) is 9.47 Å². The number of benzene rings is 8. The Labute approximate surface area is 309 Å². The molecule has 2 aliphatic rings. The van der Waals surface area contributed by atoms with Gasteiger partial charge in [0.05, 0.1) is 11.1 Å². The van der Waals surface area contributed by atoms with Crippen LogP contribution in [0.3, 0.4) is 0 Å². The number of fused-ring (bicyclic) bond motifs is 8. The largest absolute Gasteiger partial charge is 0.457 e. The van der Waals surface area contributed by atoms with Gasteiger partial charge in [-0.3, -0.25) is 0 Å². The van der Waals surface area contributed by atoms with Crippen molar-refractivity contribution in [1.29, 1.82) is 0 Å². The lowest BCUT2D eigenvalue weighted by molar-refractivity contribution is 0.400. The fourth-order valence-electron chi connectivity index (χ4n) is 8.16. The van der Waals surface area contributed by atoms with Crippen LogP contribution in [-0.2, 0) is 5.41 Å². The molecule has 53 heavy (non-hydrogen) atoms. The molecule has 1 spiro atoms. The number of para-hydroxylation sites is 7. The van der Waals surface area contributed by atoms with Crippen molar-refractivity contribution in [3.63, 3.8) is 0 Å². The predicted octanol–water partition coefficient (Wildman–Crippen LogP) is 13.2. The maximum Gasteiger partial charge on any atom is 0.156 e. The minimum absolute atomic E-state index is 0.779. The number of ether oxygens (including phenoxy) is 2. The molecule has 8 aromatic rings. The summed E-state index contributed by atoms with van der Waals surface area (Å²) in [6.07, 6.45) is 0. The van der Waals surface area contributed by atoms with E-state index in [0.29, 0.717) is 0 Å². The van der Waals surface area contributed by atoms with Crippen molar-refractivity contribution in [3.05, 3.63) is 229 Å². The highest BCUT2D eigenvalue weighted by Gasteiger charge is 2.51. The number of anilines is 6. The van der Waals surface area contributed by atoms with Crippen LogP contribution < -0.4 is 19.3 Å². The highest BCUT2D eigenvalue weighted by Crippen LogP contribution is 2.63. The zero-order valence-corrected chi connectivity index (χ0v) is 28.8. The minimum Gasteiger partial charge on any atom is -0.457 e. The van der Waals surface area contributed by atoms with Gasteiger partial charge in [-0.15, -0.1) is 0 Å². The zero-order chi connectivity index (χ0) is 35.2. The van der Waals surface area contributed by atoms with Crippen LogP contribution in [0.15, 0.2) is 206 Å². The van der Waals surface area contributed by atoms with E-state index in [1.807, 2.05) is 6.07 Å². The van der Waals surface area contributed by atoms with Gasteiger partial charge in [0.2, 0.25) is 0 Å². The first-order valence-corrected chi connectivity index (χ1v) is 17.9. The molecule has 8 aromatic carbocycles. The van der Waals surface area contributed by atoms with E-state index in [1.54, 1.807) is 0 Å². The molecule has 10 rings (SSSR count). The molecule has 2 aliphatic heterocycles. The highest BCUT2D eigenvalue weighted by atomic mass is 16.5. The van der Waals surface area contributed by atoms with Gasteiger partial charge >= 0.3 is 0 Å². The van der Waals surface area contributed by atoms with Crippen LogP contribution in [0.5, 0.6) is 23.0 Å². The standard InChI is InChI=1S/C49H34N2O2/c1-5-18-35(19-6-1)50(36-20-7-2-8-21-36)39-32-33-47-43(34-39)49(40-26-13-15-30-45(40)52-47)41-27-14-16-31-46(41)53-48-42(49)28-17-29-44(48)51(37-22-9-3-10-23-37)38-24-11-4-12-25-38/h1-34H. The van der Waals surface area contributed by atoms with Gasteiger partial charge in [-0.2, -0.15) is 0 Å². The molecule has 2 heterocycles. The lowest BCUT2D eigenvalue weighted by Crippen LogP contribution is -2.37. The number of hydrogen-bond acceptors (Lipinski definition) is 4. The van der Waals surface area contributed by atoms with Crippen molar-refractivity contribution < 1.29 is 9.47 Å². The van der Waals surface area contributed by atoms with Gasteiger partial charge in [0.1, 0.15) is 17.2 Å². The Morgan fingerprint density at radius 1 is 0.302 bits per heavy atom. The first-order valence-electron chi connectivity index (χ1n) is 17.9. The Balaban J connectivity index is 1.29. The van der Waals surface area contributed by atoms with Gasteiger partial charge in [-0.25, -0.2) is 0 Å². The molecular weight excluding hydrogens is 649 g/mol. The summed E-state index contributed by atoms with van der Waals surface area (Å²) in [7, 11) is 0. The van der Waals surface area contributed by atoms with Gasteiger partial charge in [0, 0.05) is 50.7 Å². The van der Waals surface area contributed by atoms with Gasteiger partial charge in [-0.05, 0) is 84.9 Å². The topological polar surface area (TPSA) is 24.9 Å². The van der Waals surface area contributed by atoms with Crippen LogP contribution in [0.2, 0.25) is 0 Å². The van der Waals surface area contributed by atoms with Crippen molar-refractivity contribution >= 4 is 34.1 Å². The number of nitrogens with zero attached hydrogens (tertiary/aromatic N) is 2. The van der Waals surface area contributed by atoms with Crippen LogP contribution in [0.1, 0.15) is 22.3 Å². The Bertz CT molecular complexity index is 2480. The van der Waals surface area contributed by atoms with E-state index in [1.165, 1.54) is 0 Å². The highest BCUT2D eigenvalue weighted by molar-refractivity contribution is 5.87. The van der Waals surface area contributed by atoms with Crippen molar-refractivity contribution in [2.75, 3.05) is 9.80 Å². The average molecular weight is 683 g/mol. The average Bonchev–Trinajstić information content (AvgIpc) is 3.23. The fraction of sp³-hybridized carbons (Fsp3) is 0.0204. The third-order valence-electron chi connectivity index (χ3n) is 10.3. The van der Waals surface area contributed by atoms with Crippen molar-refractivity contribution in [3.8, 4) is 23.0 Å². The van der Waals surface area contributed by atoms with Crippen LogP contribution in [-0.4, -0.2) is 0 Å². The van der Waals surface area contributed by atoms with Gasteiger partial charge in [-0.1, -0.05) is 121 Å². The molecule has 0 aromatic heterocycles. The summed E-state index contributed by atoms with van der Waals surface area (Å²) in [5.41, 5.74) is 9.65. The number of rotatable bonds is 6. The van der Waals surface area contributed by atoms with Gasteiger partial charge in [0.25, 0.3) is 0 Å². The van der Waals surface area contributed by atoms with Crippen molar-refractivity contribution in [2.45, 2.75) is 5.41 Å². The van der Waals surface area contributed by atoms with E-state index in [2.05, 4.69) is 210 Å². The predicted molar refractivity (Wildman–Crippen MR) is 214 cm³/mol. The molecular formula is C49H34N2O2. The third kappa shape index (κ3) is 4.91. The molecule has 4 heteroatoms. The summed E-state index contributed by atoms with van der Waals surface area (Å²) < 4.78 is 13.9. The van der Waals surface area contributed by atoms with Crippen molar-refractivity contribution in [2.24, 2.45) is 0 Å². The maximum absolute atomic E-state index is 7.11. The van der Waals surface area contributed by atoms with Crippen LogP contribution in [0.25, 0.3) is 0 Å². The summed E-state index contributed by atoms with van der Waals surface area (Å²) in [4.78, 5) is 4.60. The van der Waals surface area contributed by atoms with E-state index < -0.39 is 5.41 Å². The minimum atomic E-state index is -0.779. The second-order valence-corrected chi connectivity index (χ2v) is 13.3. The summed E-state index contributed by atoms with van der Waals surface area (Å²) in [6, 6.07) is 72.2. The molecule has 1 atom stereocenters. The molecule has 0 fully saturated rings. The maximum atomic E-state index is 7.11. The zero-order valence-electron chi connectivity index (χ0n) is 28.8. The quantitative estimate of drug-likeness (QED) is 0.174. The molecule has 0 bridgehead atoms. The van der Waals surface area contributed by atoms with Crippen LogP contribution in [0, 0.1) is 0 Å². The van der Waals surface area contributed by atoms with Gasteiger partial charge < -0.3 is 19.3 Å². The summed E-state index contributed by atoms with van der Waals surface area (Å²) in [5.74, 6) is 3.25. The lowest BCUT2D eigenvalue weighted by Gasteiger charge is -2.46. The van der Waals surface area contributed by atoms with E-state index >= 15 is 0 Å². The molecule has 1 unspecified atom stereocenters. The molecule has 0 amide bonds. The summed E-state index contributed by atoms with van der Waals surface area (Å²) >= 11 is 0. The third-order valence-corrected chi connectivity index (χ3v) is 10.3. The molecule has 0 saturated heterocycles. The molecule has 0 aliphatic carbocycles. The smallest absolute Gasteiger partial charge is 0.156 e. The fourth-order valence-corrected chi connectivity index (χ4v) is 8.16.